The first kappa shape index (κ1) is 20.9. The Morgan fingerprint density at radius 3 is 2.77 bits per heavy atom. The Bertz CT molecular complexity index is 792. The summed E-state index contributed by atoms with van der Waals surface area (Å²) < 4.78 is 0. The van der Waals surface area contributed by atoms with Gasteiger partial charge in [0.15, 0.2) is 5.96 Å². The van der Waals surface area contributed by atoms with E-state index >= 15 is 0 Å². The number of likely N-dealkylation sites (tertiary alicyclic amines) is 2. The highest BCUT2D eigenvalue weighted by molar-refractivity contribution is 5.80. The van der Waals surface area contributed by atoms with Crippen LogP contribution in [0.3, 0.4) is 0 Å². The largest absolute Gasteiger partial charge is 0.357 e. The van der Waals surface area contributed by atoms with E-state index in [2.05, 4.69) is 63.4 Å². The summed E-state index contributed by atoms with van der Waals surface area (Å²) in [5.41, 5.74) is 2.69. The minimum absolute atomic E-state index is 0.702. The van der Waals surface area contributed by atoms with Crippen molar-refractivity contribution in [3.63, 3.8) is 0 Å². The van der Waals surface area contributed by atoms with Gasteiger partial charge in [-0.1, -0.05) is 36.4 Å². The number of aliphatic imine (C=N–C) groups is 1. The molecule has 2 fully saturated rings. The minimum atomic E-state index is 0.702. The number of nitrogens with zero attached hydrogens (tertiary/aromatic N) is 4. The molecule has 0 bridgehead atoms. The first-order valence-electron chi connectivity index (χ1n) is 11.5. The molecule has 2 aliphatic heterocycles. The van der Waals surface area contributed by atoms with Gasteiger partial charge in [-0.05, 0) is 62.3 Å². The van der Waals surface area contributed by atoms with Crippen molar-refractivity contribution in [1.29, 1.82) is 0 Å². The number of hydrogen-bond acceptors (Lipinski definition) is 3. The monoisotopic (exact) mass is 405 g/mol. The summed E-state index contributed by atoms with van der Waals surface area (Å²) in [5.74, 6) is 1.82. The SMILES string of the molecule is CCNC(=NCCc1cccnc1)N1CCC2C(CCCN2Cc2ccccc2)C1. The number of nitrogens with one attached hydrogen (secondary N) is 1. The van der Waals surface area contributed by atoms with Gasteiger partial charge < -0.3 is 10.2 Å². The van der Waals surface area contributed by atoms with E-state index in [1.54, 1.807) is 0 Å². The molecule has 2 saturated heterocycles. The first-order valence-corrected chi connectivity index (χ1v) is 11.5. The Balaban J connectivity index is 1.36. The molecule has 30 heavy (non-hydrogen) atoms. The van der Waals surface area contributed by atoms with Crippen LogP contribution in [0, 0.1) is 5.92 Å². The van der Waals surface area contributed by atoms with Gasteiger partial charge in [0, 0.05) is 51.2 Å². The maximum atomic E-state index is 4.95. The molecule has 0 aliphatic carbocycles. The van der Waals surface area contributed by atoms with Crippen LogP contribution in [0.5, 0.6) is 0 Å². The summed E-state index contributed by atoms with van der Waals surface area (Å²) in [5, 5.41) is 3.53. The van der Waals surface area contributed by atoms with Gasteiger partial charge in [-0.25, -0.2) is 0 Å². The lowest BCUT2D eigenvalue weighted by atomic mass is 9.83. The smallest absolute Gasteiger partial charge is 0.193 e. The van der Waals surface area contributed by atoms with Crippen LogP contribution in [-0.4, -0.2) is 59.5 Å². The summed E-state index contributed by atoms with van der Waals surface area (Å²) in [7, 11) is 0. The second-order valence-corrected chi connectivity index (χ2v) is 8.51. The zero-order chi connectivity index (χ0) is 20.6. The van der Waals surface area contributed by atoms with Crippen LogP contribution in [0.25, 0.3) is 0 Å². The fourth-order valence-corrected chi connectivity index (χ4v) is 4.98. The third kappa shape index (κ3) is 5.39. The number of piperidine rings is 2. The van der Waals surface area contributed by atoms with Crippen molar-refractivity contribution < 1.29 is 0 Å². The van der Waals surface area contributed by atoms with Crippen molar-refractivity contribution in [2.75, 3.05) is 32.7 Å². The maximum Gasteiger partial charge on any atom is 0.193 e. The van der Waals surface area contributed by atoms with Crippen LogP contribution in [0.1, 0.15) is 37.3 Å². The maximum absolute atomic E-state index is 4.95. The van der Waals surface area contributed by atoms with Crippen molar-refractivity contribution in [2.24, 2.45) is 10.9 Å². The van der Waals surface area contributed by atoms with Crippen LogP contribution in [0.15, 0.2) is 59.9 Å². The fourth-order valence-electron chi connectivity index (χ4n) is 4.98. The minimum Gasteiger partial charge on any atom is -0.357 e. The van der Waals surface area contributed by atoms with Crippen LogP contribution in [0.2, 0.25) is 0 Å². The predicted molar refractivity (Wildman–Crippen MR) is 123 cm³/mol. The number of pyridine rings is 1. The normalized spacial score (nSPS) is 22.6. The number of fused-ring (bicyclic) bond motifs is 1. The fraction of sp³-hybridized carbons (Fsp3) is 0.520. The number of rotatable bonds is 6. The van der Waals surface area contributed by atoms with Crippen LogP contribution >= 0.6 is 0 Å². The molecule has 0 amide bonds. The van der Waals surface area contributed by atoms with Gasteiger partial charge in [-0.2, -0.15) is 0 Å². The standard InChI is InChI=1S/C25H35N5/c1-2-27-25(28-15-12-21-10-6-14-26-18-21)30-17-13-24-23(20-30)11-7-16-29(24)19-22-8-4-3-5-9-22/h3-6,8-10,14,18,23-24H,2,7,11-13,15-17,19-20H2,1H3,(H,27,28). The molecule has 2 aliphatic rings. The Kier molecular flexibility index (Phi) is 7.35. The molecule has 3 heterocycles. The molecule has 0 saturated carbocycles. The lowest BCUT2D eigenvalue weighted by Gasteiger charge is -2.48. The molecule has 5 heteroatoms. The molecule has 2 atom stereocenters. The summed E-state index contributed by atoms with van der Waals surface area (Å²) in [6.07, 6.45) is 8.57. The topological polar surface area (TPSA) is 43.8 Å². The molecule has 160 valence electrons. The van der Waals surface area contributed by atoms with Crippen molar-refractivity contribution in [3.8, 4) is 0 Å². The molecule has 1 N–H and O–H groups in total. The number of guanidine groups is 1. The Labute approximate surface area is 181 Å². The summed E-state index contributed by atoms with van der Waals surface area (Å²) in [6.45, 7) is 8.40. The zero-order valence-electron chi connectivity index (χ0n) is 18.2. The van der Waals surface area contributed by atoms with E-state index in [4.69, 9.17) is 4.99 Å². The lowest BCUT2D eigenvalue weighted by Crippen LogP contribution is -2.56. The average Bonchev–Trinajstić information content (AvgIpc) is 2.80. The van der Waals surface area contributed by atoms with E-state index in [0.29, 0.717) is 6.04 Å². The van der Waals surface area contributed by atoms with Gasteiger partial charge in [0.05, 0.1) is 0 Å². The predicted octanol–water partition coefficient (Wildman–Crippen LogP) is 3.58. The third-order valence-corrected chi connectivity index (χ3v) is 6.43. The molecule has 1 aromatic carbocycles. The Morgan fingerprint density at radius 2 is 1.97 bits per heavy atom. The van der Waals surface area contributed by atoms with Gasteiger partial charge in [0.1, 0.15) is 0 Å². The molecule has 0 radical (unpaired) electrons. The highest BCUT2D eigenvalue weighted by atomic mass is 15.3. The zero-order valence-corrected chi connectivity index (χ0v) is 18.2. The lowest BCUT2D eigenvalue weighted by molar-refractivity contribution is 0.0372. The molecule has 1 aromatic heterocycles. The van der Waals surface area contributed by atoms with E-state index in [0.717, 1.165) is 51.0 Å². The molecule has 4 rings (SSSR count). The van der Waals surface area contributed by atoms with Crippen molar-refractivity contribution in [3.05, 3.63) is 66.0 Å². The Hall–Kier alpha value is -2.40. The molecular weight excluding hydrogens is 370 g/mol. The van der Waals surface area contributed by atoms with Crippen molar-refractivity contribution >= 4 is 5.96 Å². The highest BCUT2D eigenvalue weighted by Gasteiger charge is 2.36. The van der Waals surface area contributed by atoms with E-state index in [1.165, 1.54) is 36.9 Å². The second-order valence-electron chi connectivity index (χ2n) is 8.51. The van der Waals surface area contributed by atoms with Crippen molar-refractivity contribution in [2.45, 2.75) is 45.2 Å². The van der Waals surface area contributed by atoms with Crippen LogP contribution in [-0.2, 0) is 13.0 Å². The summed E-state index contributed by atoms with van der Waals surface area (Å²) in [6, 6.07) is 15.8. The van der Waals surface area contributed by atoms with E-state index in [-0.39, 0.29) is 0 Å². The van der Waals surface area contributed by atoms with E-state index in [9.17, 15) is 0 Å². The Morgan fingerprint density at radius 1 is 1.10 bits per heavy atom. The molecule has 2 unspecified atom stereocenters. The van der Waals surface area contributed by atoms with Gasteiger partial charge in [0.25, 0.3) is 0 Å². The number of hydrogen-bond donors (Lipinski definition) is 1. The summed E-state index contributed by atoms with van der Waals surface area (Å²) in [4.78, 5) is 14.4. The number of benzene rings is 1. The van der Waals surface area contributed by atoms with Gasteiger partial charge >= 0.3 is 0 Å². The van der Waals surface area contributed by atoms with E-state index in [1.807, 2.05) is 18.5 Å². The van der Waals surface area contributed by atoms with E-state index < -0.39 is 0 Å². The summed E-state index contributed by atoms with van der Waals surface area (Å²) >= 11 is 0. The molecule has 5 nitrogen and oxygen atoms in total. The first-order chi connectivity index (χ1) is 14.8. The van der Waals surface area contributed by atoms with Gasteiger partial charge in [-0.3, -0.25) is 14.9 Å². The number of aromatic nitrogens is 1. The van der Waals surface area contributed by atoms with Crippen LogP contribution < -0.4 is 5.32 Å². The highest BCUT2D eigenvalue weighted by Crippen LogP contribution is 2.31. The van der Waals surface area contributed by atoms with Gasteiger partial charge in [0.2, 0.25) is 0 Å². The second kappa shape index (κ2) is 10.6. The molecule has 0 spiro atoms. The quantitative estimate of drug-likeness (QED) is 0.589. The van der Waals surface area contributed by atoms with Crippen LogP contribution in [0.4, 0.5) is 0 Å². The molecular formula is C25H35N5. The molecule has 2 aromatic rings. The average molecular weight is 406 g/mol. The third-order valence-electron chi connectivity index (χ3n) is 6.43. The van der Waals surface area contributed by atoms with Gasteiger partial charge in [-0.15, -0.1) is 0 Å². The van der Waals surface area contributed by atoms with Crippen molar-refractivity contribution in [1.82, 2.24) is 20.1 Å².